The minimum Gasteiger partial charge on any atom is -0.310 e. The minimum atomic E-state index is 0.586. The molecule has 64 heavy (non-hydrogen) atoms. The number of hydrogen-bond donors (Lipinski definition) is 0. The van der Waals surface area contributed by atoms with Crippen molar-refractivity contribution < 1.29 is 0 Å². The fourth-order valence-corrected chi connectivity index (χ4v) is 10.7. The Kier molecular flexibility index (Phi) is 9.64. The van der Waals surface area contributed by atoms with Gasteiger partial charge in [-0.15, -0.1) is 0 Å². The molecule has 0 bridgehead atoms. The van der Waals surface area contributed by atoms with Crippen molar-refractivity contribution in [1.29, 1.82) is 0 Å². The van der Waals surface area contributed by atoms with E-state index in [9.17, 15) is 0 Å². The number of aromatic nitrogens is 1. The molecule has 0 amide bonds. The van der Waals surface area contributed by atoms with Gasteiger partial charge in [-0.05, 0) is 134 Å². The van der Waals surface area contributed by atoms with Crippen molar-refractivity contribution in [2.75, 3.05) is 4.90 Å². The summed E-state index contributed by atoms with van der Waals surface area (Å²) >= 11 is 0. The molecule has 0 radical (unpaired) electrons. The maximum Gasteiger partial charge on any atom is 0.0547 e. The van der Waals surface area contributed by atoms with Crippen LogP contribution >= 0.6 is 0 Å². The molecule has 1 aliphatic rings. The predicted molar refractivity (Wildman–Crippen MR) is 273 cm³/mol. The van der Waals surface area contributed by atoms with E-state index in [-0.39, 0.29) is 0 Å². The van der Waals surface area contributed by atoms with Gasteiger partial charge in [0.25, 0.3) is 0 Å². The Morgan fingerprint density at radius 2 is 0.969 bits per heavy atom. The highest BCUT2D eigenvalue weighted by Crippen LogP contribution is 2.47. The lowest BCUT2D eigenvalue weighted by atomic mass is 9.80. The van der Waals surface area contributed by atoms with Crippen molar-refractivity contribution in [1.82, 2.24) is 4.57 Å². The second-order valence-corrected chi connectivity index (χ2v) is 17.5. The zero-order valence-corrected chi connectivity index (χ0v) is 35.9. The van der Waals surface area contributed by atoms with Gasteiger partial charge in [-0.2, -0.15) is 0 Å². The molecule has 1 fully saturated rings. The van der Waals surface area contributed by atoms with Crippen LogP contribution in [0.4, 0.5) is 17.1 Å². The van der Waals surface area contributed by atoms with E-state index in [1.165, 1.54) is 120 Å². The third kappa shape index (κ3) is 6.66. The molecular formula is C62H48N2. The second kappa shape index (κ2) is 16.2. The van der Waals surface area contributed by atoms with Crippen LogP contribution in [0.2, 0.25) is 0 Å². The van der Waals surface area contributed by atoms with Crippen molar-refractivity contribution in [3.63, 3.8) is 0 Å². The van der Waals surface area contributed by atoms with E-state index in [0.29, 0.717) is 5.92 Å². The first-order chi connectivity index (χ1) is 31.8. The van der Waals surface area contributed by atoms with Gasteiger partial charge in [0, 0.05) is 33.4 Å². The minimum absolute atomic E-state index is 0.586. The molecule has 0 aliphatic heterocycles. The van der Waals surface area contributed by atoms with Crippen molar-refractivity contribution >= 4 is 60.4 Å². The lowest BCUT2D eigenvalue weighted by molar-refractivity contribution is 0.445. The van der Waals surface area contributed by atoms with Gasteiger partial charge in [-0.25, -0.2) is 0 Å². The Hall–Kier alpha value is -7.68. The molecule has 2 heteroatoms. The van der Waals surface area contributed by atoms with Gasteiger partial charge in [0.05, 0.1) is 16.7 Å². The molecule has 0 saturated heterocycles. The van der Waals surface area contributed by atoms with Crippen molar-refractivity contribution in [3.05, 3.63) is 230 Å². The third-order valence-corrected chi connectivity index (χ3v) is 13.8. The van der Waals surface area contributed by atoms with Crippen LogP contribution in [-0.2, 0) is 0 Å². The summed E-state index contributed by atoms with van der Waals surface area (Å²) in [6, 6.07) is 83.0. The average molecular weight is 821 g/mol. The van der Waals surface area contributed by atoms with E-state index in [4.69, 9.17) is 0 Å². The van der Waals surface area contributed by atoms with Gasteiger partial charge < -0.3 is 9.47 Å². The van der Waals surface area contributed by atoms with Crippen molar-refractivity contribution in [2.24, 2.45) is 0 Å². The monoisotopic (exact) mass is 820 g/mol. The molecule has 0 N–H and O–H groups in total. The number of fused-ring (bicyclic) bond motifs is 5. The molecule has 0 spiro atoms. The van der Waals surface area contributed by atoms with Crippen LogP contribution in [0.3, 0.4) is 0 Å². The number of rotatable bonds is 8. The van der Waals surface area contributed by atoms with E-state index < -0.39 is 0 Å². The molecule has 11 aromatic rings. The lowest BCUT2D eigenvalue weighted by Gasteiger charge is -2.29. The number of para-hydroxylation sites is 3. The first-order valence-corrected chi connectivity index (χ1v) is 23.0. The molecular weight excluding hydrogens is 773 g/mol. The Labute approximate surface area is 375 Å². The van der Waals surface area contributed by atoms with Gasteiger partial charge in [-0.3, -0.25) is 0 Å². The highest BCUT2D eigenvalue weighted by atomic mass is 15.1. The summed E-state index contributed by atoms with van der Waals surface area (Å²) in [6.45, 7) is 0. The van der Waals surface area contributed by atoms with Crippen LogP contribution in [0, 0.1) is 0 Å². The van der Waals surface area contributed by atoms with Crippen LogP contribution in [0.5, 0.6) is 0 Å². The van der Waals surface area contributed by atoms with Crippen LogP contribution in [0.15, 0.2) is 224 Å². The summed E-state index contributed by atoms with van der Waals surface area (Å²) in [5.41, 5.74) is 15.8. The maximum atomic E-state index is 2.47. The summed E-state index contributed by atoms with van der Waals surface area (Å²) in [6.07, 6.45) is 6.48. The van der Waals surface area contributed by atoms with E-state index in [1.807, 2.05) is 0 Å². The predicted octanol–water partition coefficient (Wildman–Crippen LogP) is 17.6. The Balaban J connectivity index is 1.01. The molecule has 10 aromatic carbocycles. The highest BCUT2D eigenvalue weighted by molar-refractivity contribution is 6.16. The zero-order chi connectivity index (χ0) is 42.4. The first kappa shape index (κ1) is 38.0. The van der Waals surface area contributed by atoms with E-state index in [0.717, 1.165) is 17.1 Å². The Morgan fingerprint density at radius 1 is 0.375 bits per heavy atom. The molecule has 306 valence electrons. The van der Waals surface area contributed by atoms with Gasteiger partial charge in [0.15, 0.2) is 0 Å². The first-order valence-electron chi connectivity index (χ1n) is 23.0. The zero-order valence-electron chi connectivity index (χ0n) is 35.9. The highest BCUT2D eigenvalue weighted by Gasteiger charge is 2.23. The van der Waals surface area contributed by atoms with Crippen LogP contribution in [-0.4, -0.2) is 4.57 Å². The molecule has 0 unspecified atom stereocenters. The Bertz CT molecular complexity index is 3460. The standard InChI is InChI=1S/C62H48N2/c1-3-17-45(18-4-1)53-26-13-20-47-21-14-28-56(61(47)53)55-24-9-11-29-58(55)63(51-38-34-44(35-39-51)49-33-32-43-16-7-8-19-48(43)42-49)52-40-36-46(37-41-52)54-27-15-31-60-62(54)57-25-10-12-30-59(57)64(60)50-22-5-2-6-23-50/h2,5-16,19-42,45H,1,3-4,17-18H2. The molecule has 2 nitrogen and oxygen atoms in total. The SMILES string of the molecule is c1ccc(-n2c3ccccc3c3c(-c4ccc(N(c5ccc(-c6ccc7ccccc7c6)cc5)c5ccccc5-c5cccc6cccc(C7CCCCC7)c56)cc4)cccc32)cc1. The van der Waals surface area contributed by atoms with Gasteiger partial charge in [0.2, 0.25) is 0 Å². The smallest absolute Gasteiger partial charge is 0.0547 e. The summed E-state index contributed by atoms with van der Waals surface area (Å²) < 4.78 is 2.40. The van der Waals surface area contributed by atoms with Crippen LogP contribution in [0.1, 0.15) is 43.6 Å². The summed E-state index contributed by atoms with van der Waals surface area (Å²) in [7, 11) is 0. The number of hydrogen-bond acceptors (Lipinski definition) is 1. The second-order valence-electron chi connectivity index (χ2n) is 17.5. The topological polar surface area (TPSA) is 8.17 Å². The van der Waals surface area contributed by atoms with Crippen LogP contribution < -0.4 is 4.90 Å². The summed E-state index contributed by atoms with van der Waals surface area (Å²) in [5, 5.41) is 7.75. The fraction of sp³-hybridized carbons (Fsp3) is 0.0968. The van der Waals surface area contributed by atoms with Crippen molar-refractivity contribution in [3.8, 4) is 39.1 Å². The normalized spacial score (nSPS) is 13.2. The summed E-state index contributed by atoms with van der Waals surface area (Å²) in [4.78, 5) is 2.47. The number of anilines is 3. The maximum absolute atomic E-state index is 2.47. The quantitative estimate of drug-likeness (QED) is 0.148. The fourth-order valence-electron chi connectivity index (χ4n) is 10.7. The Morgan fingerprint density at radius 3 is 1.78 bits per heavy atom. The van der Waals surface area contributed by atoms with Gasteiger partial charge in [-0.1, -0.05) is 183 Å². The number of benzene rings is 10. The largest absolute Gasteiger partial charge is 0.310 e. The molecule has 0 atom stereocenters. The van der Waals surface area contributed by atoms with Crippen molar-refractivity contribution in [2.45, 2.75) is 38.0 Å². The molecule has 1 saturated carbocycles. The lowest BCUT2D eigenvalue weighted by Crippen LogP contribution is -2.11. The third-order valence-electron chi connectivity index (χ3n) is 13.8. The molecule has 1 aliphatic carbocycles. The van der Waals surface area contributed by atoms with E-state index in [2.05, 4.69) is 234 Å². The van der Waals surface area contributed by atoms with E-state index in [1.54, 1.807) is 0 Å². The average Bonchev–Trinajstić information content (AvgIpc) is 3.72. The number of nitrogens with zero attached hydrogens (tertiary/aromatic N) is 2. The summed E-state index contributed by atoms with van der Waals surface area (Å²) in [5.74, 6) is 0.586. The van der Waals surface area contributed by atoms with E-state index >= 15 is 0 Å². The van der Waals surface area contributed by atoms with Gasteiger partial charge >= 0.3 is 0 Å². The molecule has 12 rings (SSSR count). The van der Waals surface area contributed by atoms with Gasteiger partial charge in [0.1, 0.15) is 0 Å². The van der Waals surface area contributed by atoms with Crippen LogP contribution in [0.25, 0.3) is 82.4 Å². The molecule has 1 heterocycles. The molecule has 1 aromatic heterocycles.